The lowest BCUT2D eigenvalue weighted by atomic mass is 10.1. The Hall–Kier alpha value is -3.60. The molecule has 2 aromatic rings. The molecule has 11 heteroatoms. The number of ether oxygens (including phenoxy) is 1. The lowest BCUT2D eigenvalue weighted by Crippen LogP contribution is -2.52. The van der Waals surface area contributed by atoms with E-state index in [0.717, 1.165) is 25.3 Å². The second-order valence-electron chi connectivity index (χ2n) is 8.01. The first-order valence-corrected chi connectivity index (χ1v) is 10.7. The number of nitrogens with zero attached hydrogens (tertiary/aromatic N) is 5. The van der Waals surface area contributed by atoms with E-state index in [1.807, 2.05) is 4.90 Å². The molecule has 2 saturated heterocycles. The molecular weight excluding hydrogens is 429 g/mol. The molecule has 10 nitrogen and oxygen atoms in total. The zero-order valence-corrected chi connectivity index (χ0v) is 18.3. The molecule has 2 fully saturated rings. The van der Waals surface area contributed by atoms with E-state index in [2.05, 4.69) is 26.9 Å². The van der Waals surface area contributed by atoms with E-state index >= 15 is 0 Å². The maximum Gasteiger partial charge on any atom is 0.313 e. The van der Waals surface area contributed by atoms with Gasteiger partial charge in [-0.25, -0.2) is 14.4 Å². The summed E-state index contributed by atoms with van der Waals surface area (Å²) in [6.45, 7) is 5.93. The van der Waals surface area contributed by atoms with Gasteiger partial charge in [-0.1, -0.05) is 30.3 Å². The summed E-state index contributed by atoms with van der Waals surface area (Å²) in [5.74, 6) is -0.967. The number of nitrogens with one attached hydrogen (secondary N) is 1. The summed E-state index contributed by atoms with van der Waals surface area (Å²) in [4.78, 5) is 30.0. The summed E-state index contributed by atoms with van der Waals surface area (Å²) in [7, 11) is 0. The van der Waals surface area contributed by atoms with Gasteiger partial charge in [0.2, 0.25) is 5.95 Å². The van der Waals surface area contributed by atoms with Crippen molar-refractivity contribution in [3.63, 3.8) is 0 Å². The van der Waals surface area contributed by atoms with Crippen molar-refractivity contribution in [2.75, 3.05) is 37.6 Å². The maximum absolute atomic E-state index is 14.9. The first kappa shape index (κ1) is 22.6. The number of rotatable bonds is 9. The van der Waals surface area contributed by atoms with E-state index in [9.17, 15) is 9.18 Å². The molecule has 2 aliphatic rings. The Kier molecular flexibility index (Phi) is 6.78. The number of oxime groups is 1. The van der Waals surface area contributed by atoms with Crippen LogP contribution in [0.25, 0.3) is 11.1 Å². The Morgan fingerprint density at radius 2 is 2.03 bits per heavy atom. The zero-order chi connectivity index (χ0) is 23.4. The number of esters is 1. The van der Waals surface area contributed by atoms with Crippen LogP contribution in [0.1, 0.15) is 18.9 Å². The van der Waals surface area contributed by atoms with Crippen LogP contribution in [0.2, 0.25) is 0 Å². The number of aromatic nitrogens is 2. The molecule has 4 rings (SSSR count). The van der Waals surface area contributed by atoms with Crippen LogP contribution < -0.4 is 10.6 Å². The summed E-state index contributed by atoms with van der Waals surface area (Å²) < 4.78 is 19.9. The van der Waals surface area contributed by atoms with Gasteiger partial charge in [0.15, 0.2) is 6.10 Å². The third kappa shape index (κ3) is 5.43. The van der Waals surface area contributed by atoms with Crippen LogP contribution in [0.4, 0.5) is 10.3 Å². The Labute approximate surface area is 190 Å². The topological polar surface area (TPSA) is 130 Å². The van der Waals surface area contributed by atoms with Gasteiger partial charge in [0.1, 0.15) is 24.7 Å². The third-order valence-corrected chi connectivity index (χ3v) is 5.48. The highest BCUT2D eigenvalue weighted by atomic mass is 19.1. The molecule has 0 unspecified atom stereocenters. The Bertz CT molecular complexity index is 1050. The molecule has 3 heterocycles. The van der Waals surface area contributed by atoms with Gasteiger partial charge in [0.05, 0.1) is 18.8 Å². The maximum atomic E-state index is 14.9. The molecule has 1 aromatic carbocycles. The van der Waals surface area contributed by atoms with E-state index in [-0.39, 0.29) is 30.5 Å². The molecule has 0 atom stereocenters. The number of carbonyl (C=O) groups excluding carboxylic acids is 1. The minimum absolute atomic E-state index is 0.172. The number of nitrogens with two attached hydrogens (primary N) is 1. The molecule has 1 aromatic heterocycles. The highest BCUT2D eigenvalue weighted by Crippen LogP contribution is 2.26. The lowest BCUT2D eigenvalue weighted by molar-refractivity contribution is -0.143. The monoisotopic (exact) mass is 455 g/mol. The van der Waals surface area contributed by atoms with Crippen molar-refractivity contribution in [1.29, 1.82) is 5.41 Å². The minimum Gasteiger partial charge on any atom is -0.460 e. The highest BCUT2D eigenvalue weighted by molar-refractivity contribution is 5.98. The molecule has 0 radical (unpaired) electrons. The average molecular weight is 455 g/mol. The van der Waals surface area contributed by atoms with Crippen molar-refractivity contribution in [2.24, 2.45) is 10.9 Å². The van der Waals surface area contributed by atoms with Crippen molar-refractivity contribution < 1.29 is 18.8 Å². The summed E-state index contributed by atoms with van der Waals surface area (Å²) in [5, 5.41) is 11.3. The van der Waals surface area contributed by atoms with E-state index in [1.54, 1.807) is 24.5 Å². The first-order chi connectivity index (χ1) is 15.9. The number of amidine groups is 1. The third-order valence-electron chi connectivity index (χ3n) is 5.48. The SMILES string of the molecule is CCN1CC(ON=C2CN(c3ncc(-c4cccc(COC(=O)CC(=N)N)c4F)cn3)C2)C1. The normalized spacial score (nSPS) is 16.1. The Morgan fingerprint density at radius 3 is 2.70 bits per heavy atom. The van der Waals surface area contributed by atoms with Crippen molar-refractivity contribution in [2.45, 2.75) is 26.1 Å². The molecule has 2 aliphatic heterocycles. The highest BCUT2D eigenvalue weighted by Gasteiger charge is 2.29. The summed E-state index contributed by atoms with van der Waals surface area (Å²) in [5.41, 5.74) is 7.14. The van der Waals surface area contributed by atoms with E-state index in [4.69, 9.17) is 20.7 Å². The standard InChI is InChI=1S/C22H26FN7O3/c1-2-29-11-17(12-29)33-28-16-9-30(10-16)22-26-7-15(8-27-22)18-5-3-4-14(21(18)23)13-32-20(31)6-19(24)25/h3-5,7-8,17H,2,6,9-13H2,1H3,(H3,24,25). The van der Waals surface area contributed by atoms with Crippen LogP contribution in [0.5, 0.6) is 0 Å². The van der Waals surface area contributed by atoms with Crippen LogP contribution in [-0.2, 0) is 21.0 Å². The van der Waals surface area contributed by atoms with Crippen molar-refractivity contribution in [3.8, 4) is 11.1 Å². The first-order valence-electron chi connectivity index (χ1n) is 10.7. The van der Waals surface area contributed by atoms with Crippen LogP contribution >= 0.6 is 0 Å². The van der Waals surface area contributed by atoms with Crippen molar-refractivity contribution >= 4 is 23.5 Å². The fourth-order valence-corrected chi connectivity index (χ4v) is 3.49. The van der Waals surface area contributed by atoms with Crippen LogP contribution in [-0.4, -0.2) is 71.2 Å². The minimum atomic E-state index is -0.682. The second-order valence-corrected chi connectivity index (χ2v) is 8.01. The fraction of sp³-hybridized carbons (Fsp3) is 0.409. The molecule has 0 spiro atoms. The van der Waals surface area contributed by atoms with Gasteiger partial charge >= 0.3 is 5.97 Å². The molecule has 0 amide bonds. The predicted octanol–water partition coefficient (Wildman–Crippen LogP) is 1.55. The van der Waals surface area contributed by atoms with Crippen LogP contribution in [0.3, 0.4) is 0 Å². The molecular formula is C22H26FN7O3. The van der Waals surface area contributed by atoms with Gasteiger partial charge in [-0.3, -0.25) is 15.1 Å². The number of hydrogen-bond donors (Lipinski definition) is 2. The van der Waals surface area contributed by atoms with Gasteiger partial charge in [0, 0.05) is 42.2 Å². The molecule has 33 heavy (non-hydrogen) atoms. The van der Waals surface area contributed by atoms with Gasteiger partial charge < -0.3 is 20.2 Å². The number of halogens is 1. The van der Waals surface area contributed by atoms with Gasteiger partial charge in [-0.2, -0.15) is 0 Å². The van der Waals surface area contributed by atoms with Crippen LogP contribution in [0, 0.1) is 11.2 Å². The van der Waals surface area contributed by atoms with E-state index in [0.29, 0.717) is 30.2 Å². The predicted molar refractivity (Wildman–Crippen MR) is 120 cm³/mol. The van der Waals surface area contributed by atoms with Crippen molar-refractivity contribution in [3.05, 3.63) is 42.0 Å². The quantitative estimate of drug-likeness (QED) is 0.252. The molecule has 174 valence electrons. The Morgan fingerprint density at radius 1 is 1.30 bits per heavy atom. The Balaban J connectivity index is 1.32. The molecule has 0 bridgehead atoms. The smallest absolute Gasteiger partial charge is 0.313 e. The van der Waals surface area contributed by atoms with Crippen LogP contribution in [0.15, 0.2) is 35.7 Å². The number of anilines is 1. The van der Waals surface area contributed by atoms with Gasteiger partial charge in [0.25, 0.3) is 0 Å². The summed E-state index contributed by atoms with van der Waals surface area (Å²) in [6, 6.07) is 4.81. The molecule has 3 N–H and O–H groups in total. The second kappa shape index (κ2) is 9.90. The molecule has 0 saturated carbocycles. The number of benzene rings is 1. The number of hydrogen-bond acceptors (Lipinski definition) is 9. The summed E-state index contributed by atoms with van der Waals surface area (Å²) in [6.07, 6.45) is 2.96. The average Bonchev–Trinajstić information content (AvgIpc) is 2.73. The zero-order valence-electron chi connectivity index (χ0n) is 18.3. The van der Waals surface area contributed by atoms with Crippen molar-refractivity contribution in [1.82, 2.24) is 14.9 Å². The number of likely N-dealkylation sites (tertiary alicyclic amines) is 1. The van der Waals surface area contributed by atoms with E-state index < -0.39 is 11.8 Å². The van der Waals surface area contributed by atoms with Gasteiger partial charge in [-0.15, -0.1) is 0 Å². The number of likely N-dealkylation sites (N-methyl/N-ethyl adjacent to an activating group) is 1. The van der Waals surface area contributed by atoms with Gasteiger partial charge in [-0.05, 0) is 6.54 Å². The fourth-order valence-electron chi connectivity index (χ4n) is 3.49. The summed E-state index contributed by atoms with van der Waals surface area (Å²) >= 11 is 0. The molecule has 0 aliphatic carbocycles. The lowest BCUT2D eigenvalue weighted by Gasteiger charge is -2.37. The van der Waals surface area contributed by atoms with E-state index in [1.165, 1.54) is 6.07 Å². The number of carbonyl (C=O) groups is 1. The largest absolute Gasteiger partial charge is 0.460 e.